The highest BCUT2D eigenvalue weighted by atomic mass is 79.9. The van der Waals surface area contributed by atoms with Gasteiger partial charge >= 0.3 is 0 Å². The van der Waals surface area contributed by atoms with Crippen LogP contribution in [0.25, 0.3) is 0 Å². The molecule has 1 fully saturated rings. The quantitative estimate of drug-likeness (QED) is 0.880. The van der Waals surface area contributed by atoms with Gasteiger partial charge in [-0.1, -0.05) is 39.7 Å². The zero-order valence-corrected chi connectivity index (χ0v) is 14.1. The first kappa shape index (κ1) is 15.0. The molecule has 1 aliphatic rings. The standard InChI is InChI=1S/C15H13BrClNO2S/c16-10-3-1-9(2-4-10)13-14(18)15(13)21(19,20)12-7-5-11(17)6-8-12/h1-8,13-15H,18H2/t13-,14+,15+/m1/s1. The molecule has 6 heteroatoms. The summed E-state index contributed by atoms with van der Waals surface area (Å²) in [6.45, 7) is 0. The van der Waals surface area contributed by atoms with Crippen LogP contribution in [0.3, 0.4) is 0 Å². The second-order valence-electron chi connectivity index (χ2n) is 5.12. The molecule has 2 aromatic rings. The number of benzene rings is 2. The highest BCUT2D eigenvalue weighted by Crippen LogP contribution is 2.47. The Hall–Kier alpha value is -0.880. The van der Waals surface area contributed by atoms with Crippen LogP contribution in [0, 0.1) is 0 Å². The number of rotatable bonds is 3. The summed E-state index contributed by atoms with van der Waals surface area (Å²) in [4.78, 5) is 0.270. The van der Waals surface area contributed by atoms with E-state index in [4.69, 9.17) is 17.3 Å². The lowest BCUT2D eigenvalue weighted by Gasteiger charge is -2.04. The van der Waals surface area contributed by atoms with E-state index in [0.717, 1.165) is 10.0 Å². The van der Waals surface area contributed by atoms with Gasteiger partial charge in [-0.05, 0) is 42.0 Å². The van der Waals surface area contributed by atoms with Crippen LogP contribution in [0.5, 0.6) is 0 Å². The van der Waals surface area contributed by atoms with Crippen molar-refractivity contribution in [2.24, 2.45) is 5.73 Å². The zero-order valence-electron chi connectivity index (χ0n) is 10.9. The van der Waals surface area contributed by atoms with Crippen molar-refractivity contribution < 1.29 is 8.42 Å². The van der Waals surface area contributed by atoms with E-state index in [9.17, 15) is 8.42 Å². The Bertz CT molecular complexity index is 759. The predicted octanol–water partition coefficient (Wildman–Crippen LogP) is 3.37. The molecule has 3 atom stereocenters. The maximum Gasteiger partial charge on any atom is 0.183 e. The lowest BCUT2D eigenvalue weighted by atomic mass is 10.1. The van der Waals surface area contributed by atoms with E-state index in [1.54, 1.807) is 12.1 Å². The first-order chi connectivity index (χ1) is 9.91. The first-order valence-corrected chi connectivity index (χ1v) is 9.13. The molecule has 0 bridgehead atoms. The molecule has 21 heavy (non-hydrogen) atoms. The minimum atomic E-state index is -3.43. The van der Waals surface area contributed by atoms with Crippen LogP contribution in [0.2, 0.25) is 5.02 Å². The summed E-state index contributed by atoms with van der Waals surface area (Å²) in [5, 5.41) is -0.0571. The molecule has 110 valence electrons. The molecule has 0 aromatic heterocycles. The molecule has 0 heterocycles. The minimum Gasteiger partial charge on any atom is -0.326 e. The summed E-state index contributed by atoms with van der Waals surface area (Å²) in [6.07, 6.45) is 0. The van der Waals surface area contributed by atoms with Crippen molar-refractivity contribution in [3.05, 3.63) is 63.6 Å². The van der Waals surface area contributed by atoms with Gasteiger partial charge in [-0.3, -0.25) is 0 Å². The van der Waals surface area contributed by atoms with Gasteiger partial charge in [0.1, 0.15) is 0 Å². The van der Waals surface area contributed by atoms with Crippen LogP contribution in [-0.4, -0.2) is 19.7 Å². The lowest BCUT2D eigenvalue weighted by Crippen LogP contribution is -2.15. The molecule has 0 aliphatic heterocycles. The third kappa shape index (κ3) is 2.75. The molecular formula is C15H13BrClNO2S. The van der Waals surface area contributed by atoms with Crippen LogP contribution in [-0.2, 0) is 9.84 Å². The van der Waals surface area contributed by atoms with Gasteiger partial charge < -0.3 is 5.73 Å². The van der Waals surface area contributed by atoms with Gasteiger partial charge in [-0.25, -0.2) is 8.42 Å². The van der Waals surface area contributed by atoms with E-state index in [2.05, 4.69) is 15.9 Å². The second-order valence-corrected chi connectivity index (χ2v) is 8.58. The third-order valence-corrected chi connectivity index (χ3v) is 6.80. The van der Waals surface area contributed by atoms with E-state index < -0.39 is 15.1 Å². The van der Waals surface area contributed by atoms with Crippen LogP contribution < -0.4 is 5.73 Å². The Labute approximate surface area is 137 Å². The number of hydrogen-bond acceptors (Lipinski definition) is 3. The number of nitrogens with two attached hydrogens (primary N) is 1. The summed E-state index contributed by atoms with van der Waals surface area (Å²) in [6, 6.07) is 13.5. The van der Waals surface area contributed by atoms with Crippen molar-refractivity contribution in [3.8, 4) is 0 Å². The second kappa shape index (κ2) is 5.39. The van der Waals surface area contributed by atoms with Gasteiger partial charge in [0.25, 0.3) is 0 Å². The Morgan fingerprint density at radius 2 is 1.57 bits per heavy atom. The molecule has 0 unspecified atom stereocenters. The first-order valence-electron chi connectivity index (χ1n) is 6.42. The van der Waals surface area contributed by atoms with E-state index in [-0.39, 0.29) is 16.9 Å². The molecule has 0 radical (unpaired) electrons. The highest BCUT2D eigenvalue weighted by molar-refractivity contribution is 9.10. The van der Waals surface area contributed by atoms with E-state index >= 15 is 0 Å². The van der Waals surface area contributed by atoms with Crippen LogP contribution in [0.1, 0.15) is 11.5 Å². The number of hydrogen-bond donors (Lipinski definition) is 1. The fourth-order valence-corrected chi connectivity index (χ4v) is 5.02. The normalized spacial score (nSPS) is 24.8. The maximum absolute atomic E-state index is 12.6. The summed E-state index contributed by atoms with van der Waals surface area (Å²) >= 11 is 9.17. The smallest absolute Gasteiger partial charge is 0.183 e. The molecule has 1 aliphatic carbocycles. The summed E-state index contributed by atoms with van der Waals surface area (Å²) in [7, 11) is -3.43. The topological polar surface area (TPSA) is 60.2 Å². The van der Waals surface area contributed by atoms with Gasteiger partial charge in [-0.15, -0.1) is 0 Å². The van der Waals surface area contributed by atoms with Gasteiger partial charge in [0.05, 0.1) is 10.1 Å². The van der Waals surface area contributed by atoms with Crippen LogP contribution in [0.4, 0.5) is 0 Å². The third-order valence-electron chi connectivity index (χ3n) is 3.76. The molecule has 1 saturated carbocycles. The van der Waals surface area contributed by atoms with Crippen molar-refractivity contribution in [1.82, 2.24) is 0 Å². The molecule has 3 rings (SSSR count). The summed E-state index contributed by atoms with van der Waals surface area (Å²) in [5.41, 5.74) is 6.97. The minimum absolute atomic E-state index is 0.154. The Morgan fingerprint density at radius 3 is 2.14 bits per heavy atom. The van der Waals surface area contributed by atoms with Crippen LogP contribution >= 0.6 is 27.5 Å². The molecule has 0 amide bonds. The molecule has 2 N–H and O–H groups in total. The fourth-order valence-electron chi connectivity index (χ4n) is 2.58. The van der Waals surface area contributed by atoms with Crippen molar-refractivity contribution in [2.45, 2.75) is 22.1 Å². The van der Waals surface area contributed by atoms with Gasteiger partial charge in [0, 0.05) is 21.5 Å². The Morgan fingerprint density at radius 1 is 1.00 bits per heavy atom. The van der Waals surface area contributed by atoms with E-state index in [1.807, 2.05) is 24.3 Å². The largest absolute Gasteiger partial charge is 0.326 e. The number of sulfone groups is 1. The lowest BCUT2D eigenvalue weighted by molar-refractivity contribution is 0.593. The molecule has 0 spiro atoms. The fraction of sp³-hybridized carbons (Fsp3) is 0.200. The van der Waals surface area contributed by atoms with Crippen LogP contribution in [0.15, 0.2) is 57.9 Å². The maximum atomic E-state index is 12.6. The van der Waals surface area contributed by atoms with Gasteiger partial charge in [0.2, 0.25) is 0 Å². The predicted molar refractivity (Wildman–Crippen MR) is 87.3 cm³/mol. The van der Waals surface area contributed by atoms with Crippen molar-refractivity contribution in [2.75, 3.05) is 0 Å². The van der Waals surface area contributed by atoms with Crippen molar-refractivity contribution >= 4 is 37.4 Å². The SMILES string of the molecule is N[C@H]1[C@@H](c2ccc(Br)cc2)[C@@H]1S(=O)(=O)c1ccc(Cl)cc1. The highest BCUT2D eigenvalue weighted by Gasteiger charge is 2.57. The van der Waals surface area contributed by atoms with Gasteiger partial charge in [-0.2, -0.15) is 0 Å². The van der Waals surface area contributed by atoms with E-state index in [0.29, 0.717) is 5.02 Å². The van der Waals surface area contributed by atoms with E-state index in [1.165, 1.54) is 12.1 Å². The van der Waals surface area contributed by atoms with Crippen molar-refractivity contribution in [3.63, 3.8) is 0 Å². The molecular weight excluding hydrogens is 374 g/mol. The molecule has 3 nitrogen and oxygen atoms in total. The average molecular weight is 387 g/mol. The Balaban J connectivity index is 1.91. The number of halogens is 2. The molecule has 0 saturated heterocycles. The zero-order chi connectivity index (χ0) is 15.2. The Kier molecular flexibility index (Phi) is 3.86. The van der Waals surface area contributed by atoms with Gasteiger partial charge in [0.15, 0.2) is 9.84 Å². The monoisotopic (exact) mass is 385 g/mol. The average Bonchev–Trinajstić information content (AvgIpc) is 3.12. The summed E-state index contributed by atoms with van der Waals surface area (Å²) in [5.74, 6) is -0.154. The summed E-state index contributed by atoms with van der Waals surface area (Å²) < 4.78 is 26.2. The van der Waals surface area contributed by atoms with Crippen molar-refractivity contribution in [1.29, 1.82) is 0 Å². The molecule has 2 aromatic carbocycles.